The first kappa shape index (κ1) is 73.1. The third kappa shape index (κ3) is 51.3. The SMILES string of the molecule is CCCCCCCCCCCCCC(=O)O[C@H](COC(=O)CCCCCCCCCCCC)COP(=O)(O)OC[C@@H](O)COP(=O)(O)OC[C@@H](COC(=O)CCCCCCC)OC(=O)CCCCCCCCCCC. The maximum atomic E-state index is 12.9. The van der Waals surface area contributed by atoms with Crippen molar-refractivity contribution in [1.29, 1.82) is 0 Å². The highest BCUT2D eigenvalue weighted by Gasteiger charge is 2.30. The molecule has 0 saturated heterocycles. The van der Waals surface area contributed by atoms with Crippen molar-refractivity contribution in [1.82, 2.24) is 0 Å². The normalized spacial score (nSPS) is 14.4. The summed E-state index contributed by atoms with van der Waals surface area (Å²) in [6.07, 6.45) is 33.7. The molecule has 0 spiro atoms. The van der Waals surface area contributed by atoms with Gasteiger partial charge in [-0.25, -0.2) is 9.13 Å². The van der Waals surface area contributed by atoms with Gasteiger partial charge in [0.05, 0.1) is 26.4 Å². The van der Waals surface area contributed by atoms with Crippen LogP contribution in [0.25, 0.3) is 0 Å². The van der Waals surface area contributed by atoms with E-state index in [-0.39, 0.29) is 25.7 Å². The number of rotatable bonds is 57. The minimum Gasteiger partial charge on any atom is -0.462 e. The number of phosphoric ester groups is 2. The molecule has 0 radical (unpaired) electrons. The van der Waals surface area contributed by atoms with Crippen LogP contribution in [-0.2, 0) is 65.4 Å². The van der Waals surface area contributed by atoms with Crippen molar-refractivity contribution in [2.24, 2.45) is 0 Å². The van der Waals surface area contributed by atoms with E-state index < -0.39 is 97.5 Å². The van der Waals surface area contributed by atoms with Gasteiger partial charge < -0.3 is 33.8 Å². The Morgan fingerprint density at radius 1 is 0.320 bits per heavy atom. The van der Waals surface area contributed by atoms with Crippen LogP contribution in [0.1, 0.15) is 278 Å². The molecule has 5 atom stereocenters. The van der Waals surface area contributed by atoms with Crippen LogP contribution in [0, 0.1) is 0 Å². The van der Waals surface area contributed by atoms with E-state index >= 15 is 0 Å². The van der Waals surface area contributed by atoms with Gasteiger partial charge in [-0.2, -0.15) is 0 Å². The van der Waals surface area contributed by atoms with Gasteiger partial charge in [-0.3, -0.25) is 37.3 Å². The molecular formula is C56H108O17P2. The van der Waals surface area contributed by atoms with Gasteiger partial charge in [0, 0.05) is 25.7 Å². The molecule has 3 N–H and O–H groups in total. The van der Waals surface area contributed by atoms with E-state index in [9.17, 15) is 43.2 Å². The van der Waals surface area contributed by atoms with E-state index in [2.05, 4.69) is 27.7 Å². The fourth-order valence-electron chi connectivity index (χ4n) is 8.22. The minimum atomic E-state index is -4.93. The fraction of sp³-hybridized carbons (Fsp3) is 0.929. The van der Waals surface area contributed by atoms with Crippen molar-refractivity contribution in [3.05, 3.63) is 0 Å². The van der Waals surface area contributed by atoms with Gasteiger partial charge in [0.25, 0.3) is 0 Å². The maximum absolute atomic E-state index is 12.9. The number of phosphoric acid groups is 2. The predicted molar refractivity (Wildman–Crippen MR) is 294 cm³/mol. The molecule has 19 heteroatoms. The molecule has 0 aromatic heterocycles. The van der Waals surface area contributed by atoms with E-state index in [0.29, 0.717) is 25.7 Å². The van der Waals surface area contributed by atoms with Gasteiger partial charge >= 0.3 is 39.5 Å². The maximum Gasteiger partial charge on any atom is 0.472 e. The number of ether oxygens (including phenoxy) is 4. The summed E-state index contributed by atoms with van der Waals surface area (Å²) < 4.78 is 67.4. The lowest BCUT2D eigenvalue weighted by molar-refractivity contribution is -0.161. The van der Waals surface area contributed by atoms with Crippen LogP contribution in [0.3, 0.4) is 0 Å². The number of hydrogen-bond acceptors (Lipinski definition) is 15. The average molecular weight is 1120 g/mol. The first-order valence-electron chi connectivity index (χ1n) is 29.8. The molecule has 0 aliphatic heterocycles. The highest BCUT2D eigenvalue weighted by atomic mass is 31.2. The molecule has 2 unspecified atom stereocenters. The Hall–Kier alpha value is -1.94. The summed E-state index contributed by atoms with van der Waals surface area (Å²) in [5, 5.41) is 10.5. The smallest absolute Gasteiger partial charge is 0.462 e. The number of carbonyl (C=O) groups is 4. The molecule has 0 aliphatic carbocycles. The van der Waals surface area contributed by atoms with Crippen LogP contribution in [-0.4, -0.2) is 96.7 Å². The van der Waals surface area contributed by atoms with Crippen molar-refractivity contribution >= 4 is 39.5 Å². The van der Waals surface area contributed by atoms with Crippen molar-refractivity contribution in [2.45, 2.75) is 296 Å². The number of esters is 4. The van der Waals surface area contributed by atoms with Gasteiger partial charge in [0.1, 0.15) is 19.3 Å². The number of aliphatic hydroxyl groups is 1. The minimum absolute atomic E-state index is 0.105. The number of unbranched alkanes of at least 4 members (excludes halogenated alkanes) is 31. The molecule has 0 fully saturated rings. The van der Waals surface area contributed by atoms with E-state index in [1.165, 1.54) is 103 Å². The molecule has 75 heavy (non-hydrogen) atoms. The van der Waals surface area contributed by atoms with Gasteiger partial charge in [-0.15, -0.1) is 0 Å². The lowest BCUT2D eigenvalue weighted by Gasteiger charge is -2.21. The highest BCUT2D eigenvalue weighted by Crippen LogP contribution is 2.45. The zero-order valence-corrected chi connectivity index (χ0v) is 49.3. The average Bonchev–Trinajstić information content (AvgIpc) is 3.38. The molecule has 17 nitrogen and oxygen atoms in total. The third-order valence-electron chi connectivity index (χ3n) is 12.9. The van der Waals surface area contributed by atoms with Crippen LogP contribution >= 0.6 is 15.6 Å². The van der Waals surface area contributed by atoms with Crippen LogP contribution in [0.2, 0.25) is 0 Å². The summed E-state index contributed by atoms with van der Waals surface area (Å²) in [4.78, 5) is 71.5. The van der Waals surface area contributed by atoms with Crippen LogP contribution in [0.15, 0.2) is 0 Å². The molecule has 444 valence electrons. The quantitative estimate of drug-likeness (QED) is 0.0222. The summed E-state index contributed by atoms with van der Waals surface area (Å²) >= 11 is 0. The largest absolute Gasteiger partial charge is 0.472 e. The van der Waals surface area contributed by atoms with E-state index in [0.717, 1.165) is 96.3 Å². The van der Waals surface area contributed by atoms with Crippen LogP contribution < -0.4 is 0 Å². The standard InChI is InChI=1S/C56H108O17P2/c1-5-9-13-17-20-23-25-28-31-35-39-43-56(61)73-52(47-67-54(59)41-37-33-29-27-24-21-18-14-10-6-2)49-71-75(64,65)69-45-50(57)44-68-74(62,63)70-48-51(46-66-53(58)40-36-32-16-12-8-4)72-55(60)42-38-34-30-26-22-19-15-11-7-3/h50-52,57H,5-49H2,1-4H3,(H,62,63)(H,64,65)/t50-,51+,52+/m0/s1. The lowest BCUT2D eigenvalue weighted by Crippen LogP contribution is -2.30. The molecular weight excluding hydrogens is 1010 g/mol. The van der Waals surface area contributed by atoms with E-state index in [1.807, 2.05) is 0 Å². The predicted octanol–water partition coefficient (Wildman–Crippen LogP) is 14.8. The Kier molecular flexibility index (Phi) is 50.2. The number of carbonyl (C=O) groups excluding carboxylic acids is 4. The second-order valence-corrected chi connectivity index (χ2v) is 23.2. The van der Waals surface area contributed by atoms with Gasteiger partial charge in [0.2, 0.25) is 0 Å². The summed E-state index contributed by atoms with van der Waals surface area (Å²) in [6, 6.07) is 0. The molecule has 0 aromatic rings. The van der Waals surface area contributed by atoms with Crippen molar-refractivity contribution in [2.75, 3.05) is 39.6 Å². The zero-order chi connectivity index (χ0) is 55.5. The first-order chi connectivity index (χ1) is 36.2. The second kappa shape index (κ2) is 51.5. The summed E-state index contributed by atoms with van der Waals surface area (Å²) in [6.45, 7) is 4.72. The molecule has 0 bridgehead atoms. The number of aliphatic hydroxyl groups excluding tert-OH is 1. The number of hydrogen-bond donors (Lipinski definition) is 3. The Morgan fingerprint density at radius 2 is 0.533 bits per heavy atom. The van der Waals surface area contributed by atoms with E-state index in [4.69, 9.17) is 37.0 Å². The molecule has 0 heterocycles. The van der Waals surface area contributed by atoms with Gasteiger partial charge in [-0.1, -0.05) is 227 Å². The van der Waals surface area contributed by atoms with Gasteiger partial charge in [-0.05, 0) is 25.7 Å². The van der Waals surface area contributed by atoms with Crippen LogP contribution in [0.5, 0.6) is 0 Å². The van der Waals surface area contributed by atoms with Crippen molar-refractivity contribution < 1.29 is 80.2 Å². The summed E-state index contributed by atoms with van der Waals surface area (Å²) in [5.41, 5.74) is 0. The molecule has 0 aliphatic rings. The Balaban J connectivity index is 5.18. The highest BCUT2D eigenvalue weighted by molar-refractivity contribution is 7.47. The topological polar surface area (TPSA) is 237 Å². The molecule has 0 rings (SSSR count). The zero-order valence-electron chi connectivity index (χ0n) is 47.5. The molecule has 0 amide bonds. The lowest BCUT2D eigenvalue weighted by atomic mass is 10.1. The van der Waals surface area contributed by atoms with Crippen molar-refractivity contribution in [3.63, 3.8) is 0 Å². The van der Waals surface area contributed by atoms with Crippen molar-refractivity contribution in [3.8, 4) is 0 Å². The van der Waals surface area contributed by atoms with Crippen LogP contribution in [0.4, 0.5) is 0 Å². The second-order valence-electron chi connectivity index (χ2n) is 20.3. The molecule has 0 saturated carbocycles. The Labute approximate surface area is 454 Å². The summed E-state index contributed by atoms with van der Waals surface area (Å²) in [5.74, 6) is -2.16. The monoisotopic (exact) mass is 1110 g/mol. The van der Waals surface area contributed by atoms with Gasteiger partial charge in [0.15, 0.2) is 12.2 Å². The Morgan fingerprint density at radius 3 is 0.787 bits per heavy atom. The van der Waals surface area contributed by atoms with E-state index in [1.54, 1.807) is 0 Å². The third-order valence-corrected chi connectivity index (χ3v) is 14.8. The first-order valence-corrected chi connectivity index (χ1v) is 32.8. The molecule has 0 aromatic carbocycles. The Bertz CT molecular complexity index is 1470. The summed E-state index contributed by atoms with van der Waals surface area (Å²) in [7, 11) is -9.86. The fourth-order valence-corrected chi connectivity index (χ4v) is 9.80.